The lowest BCUT2D eigenvalue weighted by atomic mass is 10.2. The van der Waals surface area contributed by atoms with Crippen LogP contribution in [0, 0.1) is 0 Å². The number of hydrogen-bond acceptors (Lipinski definition) is 7. The number of methoxy groups -OCH3 is 1. The van der Waals surface area contributed by atoms with Crippen LogP contribution in [0.5, 0.6) is 5.75 Å². The highest BCUT2D eigenvalue weighted by atomic mass is 32.2. The highest BCUT2D eigenvalue weighted by Gasteiger charge is 2.10. The Balaban J connectivity index is 1.58. The minimum Gasteiger partial charge on any atom is -0.497 e. The van der Waals surface area contributed by atoms with Gasteiger partial charge < -0.3 is 10.1 Å². The standard InChI is InChI=1S/C18H15N3OS3/c1-22-12-8-6-11(7-9-12)13-10-24-17(19-13)21-18-20-16-14(23-2)4-3-5-15(16)25-18/h3-10H,1-2H3,(H,19,20,21). The van der Waals surface area contributed by atoms with Gasteiger partial charge in [-0.15, -0.1) is 23.1 Å². The number of ether oxygens (including phenoxy) is 1. The molecule has 2 aromatic heterocycles. The van der Waals surface area contributed by atoms with E-state index in [1.54, 1.807) is 41.5 Å². The number of hydrogen-bond donors (Lipinski definition) is 1. The first-order chi connectivity index (χ1) is 12.3. The summed E-state index contributed by atoms with van der Waals surface area (Å²) in [5, 5.41) is 7.10. The summed E-state index contributed by atoms with van der Waals surface area (Å²) < 4.78 is 6.38. The van der Waals surface area contributed by atoms with Crippen LogP contribution in [-0.2, 0) is 0 Å². The molecule has 0 unspecified atom stereocenters. The zero-order valence-electron chi connectivity index (χ0n) is 13.6. The summed E-state index contributed by atoms with van der Waals surface area (Å²) in [5.74, 6) is 0.844. The molecule has 4 rings (SSSR count). The molecule has 0 saturated heterocycles. The zero-order chi connectivity index (χ0) is 17.2. The number of benzene rings is 2. The Morgan fingerprint density at radius 2 is 1.88 bits per heavy atom. The van der Waals surface area contributed by atoms with Crippen LogP contribution < -0.4 is 10.1 Å². The van der Waals surface area contributed by atoms with Crippen LogP contribution >= 0.6 is 34.4 Å². The van der Waals surface area contributed by atoms with Crippen molar-refractivity contribution in [1.29, 1.82) is 0 Å². The number of thioether (sulfide) groups is 1. The molecule has 0 atom stereocenters. The van der Waals surface area contributed by atoms with Crippen molar-refractivity contribution in [2.45, 2.75) is 4.90 Å². The molecule has 2 aromatic carbocycles. The second-order valence-corrected chi connectivity index (χ2v) is 7.95. The van der Waals surface area contributed by atoms with Crippen LogP contribution in [0.2, 0.25) is 0 Å². The van der Waals surface area contributed by atoms with Gasteiger partial charge in [0.2, 0.25) is 0 Å². The summed E-state index contributed by atoms with van der Waals surface area (Å²) in [4.78, 5) is 10.6. The molecular formula is C18H15N3OS3. The van der Waals surface area contributed by atoms with E-state index in [1.807, 2.05) is 29.6 Å². The Morgan fingerprint density at radius 1 is 1.04 bits per heavy atom. The highest BCUT2D eigenvalue weighted by molar-refractivity contribution is 7.98. The molecule has 7 heteroatoms. The molecule has 126 valence electrons. The fraction of sp³-hybridized carbons (Fsp3) is 0.111. The molecule has 0 aliphatic rings. The normalized spacial score (nSPS) is 11.0. The van der Waals surface area contributed by atoms with Crippen molar-refractivity contribution in [2.75, 3.05) is 18.7 Å². The summed E-state index contributed by atoms with van der Waals surface area (Å²) in [6, 6.07) is 14.2. The lowest BCUT2D eigenvalue weighted by Gasteiger charge is -2.00. The van der Waals surface area contributed by atoms with Crippen LogP contribution in [-0.4, -0.2) is 23.3 Å². The second-order valence-electron chi connectivity index (χ2n) is 5.22. The summed E-state index contributed by atoms with van der Waals surface area (Å²) >= 11 is 4.94. The monoisotopic (exact) mass is 385 g/mol. The third-order valence-electron chi connectivity index (χ3n) is 3.71. The number of fused-ring (bicyclic) bond motifs is 1. The molecule has 0 radical (unpaired) electrons. The molecule has 4 nitrogen and oxygen atoms in total. The van der Waals surface area contributed by atoms with Crippen molar-refractivity contribution >= 4 is 54.9 Å². The van der Waals surface area contributed by atoms with Crippen molar-refractivity contribution < 1.29 is 4.74 Å². The van der Waals surface area contributed by atoms with Crippen molar-refractivity contribution in [3.8, 4) is 17.0 Å². The third-order valence-corrected chi connectivity index (χ3v) is 6.17. The molecule has 4 aromatic rings. The van der Waals surface area contributed by atoms with Gasteiger partial charge in [0.25, 0.3) is 0 Å². The van der Waals surface area contributed by atoms with Crippen molar-refractivity contribution in [3.05, 3.63) is 47.8 Å². The van der Waals surface area contributed by atoms with Crippen molar-refractivity contribution in [3.63, 3.8) is 0 Å². The zero-order valence-corrected chi connectivity index (χ0v) is 16.1. The highest BCUT2D eigenvalue weighted by Crippen LogP contribution is 2.35. The van der Waals surface area contributed by atoms with Gasteiger partial charge in [0.1, 0.15) is 5.75 Å². The Morgan fingerprint density at radius 3 is 2.64 bits per heavy atom. The van der Waals surface area contributed by atoms with E-state index in [4.69, 9.17) is 9.72 Å². The van der Waals surface area contributed by atoms with Gasteiger partial charge in [-0.2, -0.15) is 0 Å². The first-order valence-corrected chi connectivity index (χ1v) is 10.5. The van der Waals surface area contributed by atoms with Crippen molar-refractivity contribution in [2.24, 2.45) is 0 Å². The molecule has 0 aliphatic heterocycles. The number of thiazole rings is 2. The van der Waals surface area contributed by atoms with Gasteiger partial charge in [-0.1, -0.05) is 17.4 Å². The second kappa shape index (κ2) is 7.03. The Hall–Kier alpha value is -2.09. The average molecular weight is 386 g/mol. The topological polar surface area (TPSA) is 47.0 Å². The molecule has 2 heterocycles. The quantitative estimate of drug-likeness (QED) is 0.434. The predicted molar refractivity (Wildman–Crippen MR) is 109 cm³/mol. The fourth-order valence-corrected chi connectivity index (χ4v) is 4.76. The summed E-state index contributed by atoms with van der Waals surface area (Å²) in [6.07, 6.45) is 2.07. The molecule has 0 aliphatic carbocycles. The van der Waals surface area contributed by atoms with Gasteiger partial charge >= 0.3 is 0 Å². The van der Waals surface area contributed by atoms with Crippen LogP contribution in [0.4, 0.5) is 10.3 Å². The number of aromatic nitrogens is 2. The SMILES string of the molecule is COc1ccc(-c2csc(Nc3nc4c(SC)cccc4s3)n2)cc1. The summed E-state index contributed by atoms with van der Waals surface area (Å²) in [6.45, 7) is 0. The molecule has 0 amide bonds. The van der Waals surface area contributed by atoms with E-state index >= 15 is 0 Å². The number of nitrogens with one attached hydrogen (secondary N) is 1. The average Bonchev–Trinajstić information content (AvgIpc) is 3.28. The van der Waals surface area contributed by atoms with E-state index in [2.05, 4.69) is 34.8 Å². The lowest BCUT2D eigenvalue weighted by Crippen LogP contribution is -1.88. The first kappa shape index (κ1) is 16.4. The van der Waals surface area contributed by atoms with Gasteiger partial charge in [0.05, 0.1) is 23.0 Å². The number of rotatable bonds is 5. The van der Waals surface area contributed by atoms with Crippen LogP contribution in [0.3, 0.4) is 0 Å². The van der Waals surface area contributed by atoms with Gasteiger partial charge in [0.15, 0.2) is 10.3 Å². The van der Waals surface area contributed by atoms with Crippen LogP contribution in [0.15, 0.2) is 52.7 Å². The first-order valence-electron chi connectivity index (χ1n) is 7.57. The van der Waals surface area contributed by atoms with E-state index in [1.165, 1.54) is 9.60 Å². The van der Waals surface area contributed by atoms with Gasteiger partial charge in [-0.3, -0.25) is 0 Å². The smallest absolute Gasteiger partial charge is 0.190 e. The van der Waals surface area contributed by atoms with E-state index in [0.717, 1.165) is 32.8 Å². The Labute approximate surface area is 157 Å². The molecule has 0 saturated carbocycles. The molecule has 1 N–H and O–H groups in total. The van der Waals surface area contributed by atoms with Gasteiger partial charge in [-0.05, 0) is 42.7 Å². The van der Waals surface area contributed by atoms with E-state index in [-0.39, 0.29) is 0 Å². The maximum Gasteiger partial charge on any atom is 0.190 e. The molecule has 0 bridgehead atoms. The number of para-hydroxylation sites is 1. The van der Waals surface area contributed by atoms with Crippen LogP contribution in [0.25, 0.3) is 21.5 Å². The molecule has 0 spiro atoms. The van der Waals surface area contributed by atoms with Gasteiger partial charge in [-0.25, -0.2) is 9.97 Å². The molecule has 0 fully saturated rings. The molecule has 25 heavy (non-hydrogen) atoms. The number of anilines is 2. The predicted octanol–water partition coefficient (Wildman–Crippen LogP) is 5.89. The van der Waals surface area contributed by atoms with Crippen molar-refractivity contribution in [1.82, 2.24) is 9.97 Å². The maximum absolute atomic E-state index is 5.20. The minimum absolute atomic E-state index is 0.843. The Bertz CT molecular complexity index is 1010. The fourth-order valence-electron chi connectivity index (χ4n) is 2.46. The largest absolute Gasteiger partial charge is 0.497 e. The van der Waals surface area contributed by atoms with Gasteiger partial charge in [0, 0.05) is 15.8 Å². The summed E-state index contributed by atoms with van der Waals surface area (Å²) in [5.41, 5.74) is 3.06. The Kier molecular flexibility index (Phi) is 4.61. The van der Waals surface area contributed by atoms with E-state index in [0.29, 0.717) is 0 Å². The maximum atomic E-state index is 5.20. The molecular weight excluding hydrogens is 370 g/mol. The minimum atomic E-state index is 0.843. The van der Waals surface area contributed by atoms with E-state index in [9.17, 15) is 0 Å². The lowest BCUT2D eigenvalue weighted by molar-refractivity contribution is 0.415. The van der Waals surface area contributed by atoms with Crippen LogP contribution in [0.1, 0.15) is 0 Å². The summed E-state index contributed by atoms with van der Waals surface area (Å²) in [7, 11) is 1.67. The number of nitrogens with zero attached hydrogens (tertiary/aromatic N) is 2. The third kappa shape index (κ3) is 3.35. The van der Waals surface area contributed by atoms with E-state index < -0.39 is 0 Å².